The fourth-order valence-electron chi connectivity index (χ4n) is 0.676. The topological polar surface area (TPSA) is 50.6 Å². The largest absolute Gasteiger partial charge is 0.395 e. The van der Waals surface area contributed by atoms with E-state index < -0.39 is 0 Å². The van der Waals surface area contributed by atoms with Gasteiger partial charge in [-0.25, -0.2) is 0 Å². The minimum absolute atomic E-state index is 0.199. The molecule has 4 heteroatoms. The van der Waals surface area contributed by atoms with Gasteiger partial charge in [0, 0.05) is 26.7 Å². The molecule has 0 aliphatic heterocycles. The third-order valence-corrected chi connectivity index (χ3v) is 1.54. The van der Waals surface area contributed by atoms with Crippen LogP contribution in [0.1, 0.15) is 0 Å². The Bertz CT molecular complexity index is 108. The van der Waals surface area contributed by atoms with Crippen LogP contribution in [0.3, 0.4) is 0 Å². The summed E-state index contributed by atoms with van der Waals surface area (Å²) in [6.45, 7) is 2.61. The molecule has 0 aliphatic carbocycles. The summed E-state index contributed by atoms with van der Waals surface area (Å²) in [6.07, 6.45) is 1.30. The zero-order chi connectivity index (χ0) is 8.69. The molecule has 0 radical (unpaired) electrons. The lowest BCUT2D eigenvalue weighted by atomic mass is 10.5. The monoisotopic (exact) mass is 159 g/mol. The van der Waals surface area contributed by atoms with Gasteiger partial charge in [0.15, 0.2) is 0 Å². The van der Waals surface area contributed by atoms with E-state index in [2.05, 4.69) is 0 Å². The maximum atomic E-state index is 8.56. The Morgan fingerprint density at radius 2 is 1.91 bits per heavy atom. The molecule has 0 aromatic rings. The van der Waals surface area contributed by atoms with Gasteiger partial charge in [-0.1, -0.05) is 0 Å². The second kappa shape index (κ2) is 6.12. The van der Waals surface area contributed by atoms with E-state index in [1.165, 1.54) is 6.34 Å². The number of likely N-dealkylation sites (N-methyl/N-ethyl adjacent to an activating group) is 2. The molecule has 2 N–H and O–H groups in total. The highest BCUT2D eigenvalue weighted by Gasteiger charge is 1.97. The molecule has 0 heterocycles. The molecule has 0 spiro atoms. The molecule has 66 valence electrons. The minimum atomic E-state index is 0.199. The number of nitrogens with one attached hydrogen (secondary N) is 1. The predicted octanol–water partition coefficient (Wildman–Crippen LogP) is -0.551. The lowest BCUT2D eigenvalue weighted by Crippen LogP contribution is -2.31. The van der Waals surface area contributed by atoms with E-state index in [4.69, 9.17) is 10.5 Å². The summed E-state index contributed by atoms with van der Waals surface area (Å²) in [7, 11) is 3.81. The summed E-state index contributed by atoms with van der Waals surface area (Å²) < 4.78 is 0. The van der Waals surface area contributed by atoms with Crippen LogP contribution < -0.4 is 0 Å². The molecule has 11 heavy (non-hydrogen) atoms. The fraction of sp³-hybridized carbons (Fsp3) is 0.857. The molecular formula is C7H17N3O. The van der Waals surface area contributed by atoms with Gasteiger partial charge in [-0.3, -0.25) is 5.41 Å². The van der Waals surface area contributed by atoms with Crippen LogP contribution in [0.15, 0.2) is 0 Å². The second-order valence-electron chi connectivity index (χ2n) is 2.64. The van der Waals surface area contributed by atoms with Crippen LogP contribution in [0.2, 0.25) is 0 Å². The Morgan fingerprint density at radius 1 is 1.27 bits per heavy atom. The van der Waals surface area contributed by atoms with Gasteiger partial charge >= 0.3 is 0 Å². The quantitative estimate of drug-likeness (QED) is 0.404. The number of hydrogen-bond acceptors (Lipinski definition) is 3. The molecule has 0 aromatic heterocycles. The number of rotatable bonds is 6. The molecular weight excluding hydrogens is 142 g/mol. The standard InChI is InChI=1S/C7H17N3O/c1-9(5-6-11)3-4-10(2)7-8/h7-8,11H,3-6H2,1-2H3. The first-order valence-corrected chi connectivity index (χ1v) is 3.71. The molecule has 0 aromatic carbocycles. The molecule has 0 unspecified atom stereocenters. The Balaban J connectivity index is 3.29. The van der Waals surface area contributed by atoms with Gasteiger partial charge < -0.3 is 14.9 Å². The van der Waals surface area contributed by atoms with Crippen molar-refractivity contribution in [2.24, 2.45) is 0 Å². The lowest BCUT2D eigenvalue weighted by Gasteiger charge is -2.18. The van der Waals surface area contributed by atoms with Gasteiger partial charge in [0.1, 0.15) is 0 Å². The zero-order valence-corrected chi connectivity index (χ0v) is 7.25. The molecule has 0 fully saturated rings. The average molecular weight is 159 g/mol. The van der Waals surface area contributed by atoms with Gasteiger partial charge in [-0.2, -0.15) is 0 Å². The van der Waals surface area contributed by atoms with Gasteiger partial charge in [0.05, 0.1) is 12.9 Å². The molecule has 0 bridgehead atoms. The molecule has 0 saturated heterocycles. The van der Waals surface area contributed by atoms with Crippen LogP contribution in [0.25, 0.3) is 0 Å². The van der Waals surface area contributed by atoms with Crippen molar-refractivity contribution in [1.82, 2.24) is 9.80 Å². The van der Waals surface area contributed by atoms with Gasteiger partial charge in [0.25, 0.3) is 0 Å². The summed E-state index contributed by atoms with van der Waals surface area (Å²) in [4.78, 5) is 3.83. The molecule has 0 amide bonds. The van der Waals surface area contributed by atoms with E-state index in [1.54, 1.807) is 4.90 Å². The molecule has 0 saturated carbocycles. The molecule has 0 atom stereocenters. The fourth-order valence-corrected chi connectivity index (χ4v) is 0.676. The van der Waals surface area contributed by atoms with Crippen LogP contribution in [0.5, 0.6) is 0 Å². The number of aliphatic hydroxyl groups excluding tert-OH is 1. The third kappa shape index (κ3) is 5.82. The summed E-state index contributed by atoms with van der Waals surface area (Å²) in [5.74, 6) is 0. The minimum Gasteiger partial charge on any atom is -0.395 e. The SMILES string of the molecule is CN(C=N)CCN(C)CCO. The van der Waals surface area contributed by atoms with Gasteiger partial charge in [-0.15, -0.1) is 0 Å². The highest BCUT2D eigenvalue weighted by molar-refractivity contribution is 5.49. The first-order valence-electron chi connectivity index (χ1n) is 3.71. The third-order valence-electron chi connectivity index (χ3n) is 1.54. The Hall–Kier alpha value is -0.610. The van der Waals surface area contributed by atoms with E-state index in [-0.39, 0.29) is 6.61 Å². The van der Waals surface area contributed by atoms with Crippen molar-refractivity contribution in [3.05, 3.63) is 0 Å². The predicted molar refractivity (Wildman–Crippen MR) is 46.0 cm³/mol. The maximum absolute atomic E-state index is 8.56. The molecule has 0 aliphatic rings. The van der Waals surface area contributed by atoms with Crippen LogP contribution in [0, 0.1) is 5.41 Å². The number of nitrogens with zero attached hydrogens (tertiary/aromatic N) is 2. The first kappa shape index (κ1) is 10.4. The highest BCUT2D eigenvalue weighted by atomic mass is 16.3. The van der Waals surface area contributed by atoms with Crippen molar-refractivity contribution >= 4 is 6.34 Å². The van der Waals surface area contributed by atoms with Crippen LogP contribution in [-0.4, -0.2) is 61.6 Å². The van der Waals surface area contributed by atoms with Crippen molar-refractivity contribution in [3.8, 4) is 0 Å². The first-order chi connectivity index (χ1) is 5.20. The summed E-state index contributed by atoms with van der Waals surface area (Å²) in [5.41, 5.74) is 0. The number of aliphatic hydroxyl groups is 1. The zero-order valence-electron chi connectivity index (χ0n) is 7.25. The maximum Gasteiger partial charge on any atom is 0.0815 e. The Morgan fingerprint density at radius 3 is 2.36 bits per heavy atom. The van der Waals surface area contributed by atoms with Crippen molar-refractivity contribution in [3.63, 3.8) is 0 Å². The summed E-state index contributed by atoms with van der Waals surface area (Å²) in [5, 5.41) is 15.4. The molecule has 4 nitrogen and oxygen atoms in total. The van der Waals surface area contributed by atoms with Gasteiger partial charge in [-0.05, 0) is 7.05 Å². The van der Waals surface area contributed by atoms with Crippen LogP contribution in [-0.2, 0) is 0 Å². The Kier molecular flexibility index (Phi) is 5.78. The van der Waals surface area contributed by atoms with Crippen molar-refractivity contribution in [2.45, 2.75) is 0 Å². The molecule has 0 rings (SSSR count). The normalized spacial score (nSPS) is 10.2. The lowest BCUT2D eigenvalue weighted by molar-refractivity contribution is 0.215. The van der Waals surface area contributed by atoms with Crippen molar-refractivity contribution in [2.75, 3.05) is 40.3 Å². The van der Waals surface area contributed by atoms with E-state index in [9.17, 15) is 0 Å². The second-order valence-corrected chi connectivity index (χ2v) is 2.64. The van der Waals surface area contributed by atoms with Crippen molar-refractivity contribution in [1.29, 1.82) is 5.41 Å². The van der Waals surface area contributed by atoms with E-state index in [1.807, 2.05) is 19.0 Å². The van der Waals surface area contributed by atoms with E-state index >= 15 is 0 Å². The summed E-state index contributed by atoms with van der Waals surface area (Å²) in [6, 6.07) is 0. The average Bonchev–Trinajstić information content (AvgIpc) is 2.01. The van der Waals surface area contributed by atoms with Crippen LogP contribution in [0.4, 0.5) is 0 Å². The van der Waals surface area contributed by atoms with E-state index in [0.29, 0.717) is 6.54 Å². The Labute approximate surface area is 67.9 Å². The highest BCUT2D eigenvalue weighted by Crippen LogP contribution is 1.82. The van der Waals surface area contributed by atoms with Crippen LogP contribution >= 0.6 is 0 Å². The van der Waals surface area contributed by atoms with E-state index in [0.717, 1.165) is 13.1 Å². The number of hydrogen-bond donors (Lipinski definition) is 2. The smallest absolute Gasteiger partial charge is 0.0815 e. The van der Waals surface area contributed by atoms with Gasteiger partial charge in [0.2, 0.25) is 0 Å². The summed E-state index contributed by atoms with van der Waals surface area (Å²) >= 11 is 0. The van der Waals surface area contributed by atoms with Crippen molar-refractivity contribution < 1.29 is 5.11 Å².